The lowest BCUT2D eigenvalue weighted by molar-refractivity contribution is 0.0987. The molecule has 0 aliphatic carbocycles. The van der Waals surface area contributed by atoms with Gasteiger partial charge in [0.25, 0.3) is 11.8 Å². The molecular formula is C12H10N4O3. The number of ether oxygens (including phenoxy) is 1. The van der Waals surface area contributed by atoms with E-state index < -0.39 is 5.91 Å². The number of rotatable bonds is 3. The molecule has 3 aromatic rings. The predicted octanol–water partition coefficient (Wildman–Crippen LogP) is 1.81. The van der Waals surface area contributed by atoms with Gasteiger partial charge in [-0.25, -0.2) is 0 Å². The SMILES string of the molecule is COc1cc(C(=O)Nc2ccc3cn[nH]c3c2)on1. The lowest BCUT2D eigenvalue weighted by Gasteiger charge is -2.01. The van der Waals surface area contributed by atoms with Crippen molar-refractivity contribution in [2.45, 2.75) is 0 Å². The van der Waals surface area contributed by atoms with E-state index in [2.05, 4.69) is 20.7 Å². The summed E-state index contributed by atoms with van der Waals surface area (Å²) in [5, 5.41) is 14.0. The zero-order valence-corrected chi connectivity index (χ0v) is 10.0. The minimum Gasteiger partial charge on any atom is -0.479 e. The molecule has 96 valence electrons. The maximum absolute atomic E-state index is 11.9. The van der Waals surface area contributed by atoms with Crippen LogP contribution in [0.3, 0.4) is 0 Å². The van der Waals surface area contributed by atoms with Gasteiger partial charge < -0.3 is 14.6 Å². The van der Waals surface area contributed by atoms with Crippen LogP contribution in [0.25, 0.3) is 10.9 Å². The number of carbonyl (C=O) groups excluding carboxylic acids is 1. The number of H-pyrrole nitrogens is 1. The number of carbonyl (C=O) groups is 1. The molecule has 0 atom stereocenters. The molecule has 2 heterocycles. The van der Waals surface area contributed by atoms with Gasteiger partial charge in [0.2, 0.25) is 5.76 Å². The zero-order chi connectivity index (χ0) is 13.2. The second-order valence-corrected chi connectivity index (χ2v) is 3.86. The van der Waals surface area contributed by atoms with E-state index in [1.165, 1.54) is 13.2 Å². The van der Waals surface area contributed by atoms with E-state index >= 15 is 0 Å². The molecule has 0 aliphatic rings. The van der Waals surface area contributed by atoms with Gasteiger partial charge in [-0.05, 0) is 23.4 Å². The second kappa shape index (κ2) is 4.45. The van der Waals surface area contributed by atoms with Crippen LogP contribution in [-0.2, 0) is 0 Å². The fourth-order valence-corrected chi connectivity index (χ4v) is 1.67. The highest BCUT2D eigenvalue weighted by molar-refractivity contribution is 6.03. The Morgan fingerprint density at radius 3 is 3.11 bits per heavy atom. The van der Waals surface area contributed by atoms with Crippen LogP contribution in [0.5, 0.6) is 5.88 Å². The Morgan fingerprint density at radius 2 is 2.32 bits per heavy atom. The monoisotopic (exact) mass is 258 g/mol. The van der Waals surface area contributed by atoms with E-state index in [1.54, 1.807) is 18.3 Å². The first-order chi connectivity index (χ1) is 9.26. The first-order valence-electron chi connectivity index (χ1n) is 5.51. The average Bonchev–Trinajstić information content (AvgIpc) is 3.06. The van der Waals surface area contributed by atoms with Crippen LogP contribution in [0.4, 0.5) is 5.69 Å². The van der Waals surface area contributed by atoms with E-state index in [1.807, 2.05) is 6.07 Å². The number of amides is 1. The number of aromatic amines is 1. The van der Waals surface area contributed by atoms with E-state index in [-0.39, 0.29) is 11.6 Å². The van der Waals surface area contributed by atoms with Crippen molar-refractivity contribution in [3.05, 3.63) is 36.2 Å². The lowest BCUT2D eigenvalue weighted by atomic mass is 10.2. The van der Waals surface area contributed by atoms with Gasteiger partial charge in [-0.1, -0.05) is 0 Å². The number of anilines is 1. The molecule has 7 heteroatoms. The quantitative estimate of drug-likeness (QED) is 0.747. The zero-order valence-electron chi connectivity index (χ0n) is 10.0. The molecule has 2 aromatic heterocycles. The summed E-state index contributed by atoms with van der Waals surface area (Å²) in [7, 11) is 1.45. The van der Waals surface area contributed by atoms with E-state index in [0.717, 1.165) is 10.9 Å². The van der Waals surface area contributed by atoms with Gasteiger partial charge in [0, 0.05) is 11.1 Å². The normalized spacial score (nSPS) is 10.6. The number of hydrogen-bond donors (Lipinski definition) is 2. The molecule has 0 fully saturated rings. The molecule has 3 rings (SSSR count). The number of hydrogen-bond acceptors (Lipinski definition) is 5. The molecule has 0 saturated heterocycles. The molecule has 0 spiro atoms. The van der Waals surface area contributed by atoms with Crippen molar-refractivity contribution in [2.75, 3.05) is 12.4 Å². The summed E-state index contributed by atoms with van der Waals surface area (Å²) >= 11 is 0. The maximum atomic E-state index is 11.9. The number of nitrogens with zero attached hydrogens (tertiary/aromatic N) is 2. The summed E-state index contributed by atoms with van der Waals surface area (Å²) in [6.45, 7) is 0. The molecule has 2 N–H and O–H groups in total. The summed E-state index contributed by atoms with van der Waals surface area (Å²) in [6, 6.07) is 6.84. The highest BCUT2D eigenvalue weighted by Gasteiger charge is 2.13. The number of benzene rings is 1. The smallest absolute Gasteiger partial charge is 0.294 e. The Labute approximate surface area is 107 Å². The fourth-order valence-electron chi connectivity index (χ4n) is 1.67. The minimum absolute atomic E-state index is 0.0848. The third-order valence-corrected chi connectivity index (χ3v) is 2.62. The van der Waals surface area contributed by atoms with Crippen molar-refractivity contribution in [2.24, 2.45) is 0 Å². The molecule has 0 saturated carbocycles. The summed E-state index contributed by atoms with van der Waals surface area (Å²) in [6.07, 6.45) is 1.71. The Bertz CT molecular complexity index is 731. The largest absolute Gasteiger partial charge is 0.479 e. The molecule has 0 unspecified atom stereocenters. The van der Waals surface area contributed by atoms with Crippen LogP contribution < -0.4 is 10.1 Å². The molecule has 1 aromatic carbocycles. The van der Waals surface area contributed by atoms with Gasteiger partial charge in [-0.15, -0.1) is 0 Å². The van der Waals surface area contributed by atoms with Crippen molar-refractivity contribution in [3.8, 4) is 5.88 Å². The predicted molar refractivity (Wildman–Crippen MR) is 67.1 cm³/mol. The van der Waals surface area contributed by atoms with Crippen molar-refractivity contribution < 1.29 is 14.1 Å². The highest BCUT2D eigenvalue weighted by Crippen LogP contribution is 2.18. The van der Waals surface area contributed by atoms with E-state index in [9.17, 15) is 4.79 Å². The Balaban J connectivity index is 1.81. The molecule has 0 bridgehead atoms. The third kappa shape index (κ3) is 2.13. The topological polar surface area (TPSA) is 93.0 Å². The summed E-state index contributed by atoms with van der Waals surface area (Å²) < 4.78 is 9.70. The van der Waals surface area contributed by atoms with Gasteiger partial charge in [-0.2, -0.15) is 5.10 Å². The number of fused-ring (bicyclic) bond motifs is 1. The number of aromatic nitrogens is 3. The molecule has 1 amide bonds. The van der Waals surface area contributed by atoms with E-state index in [4.69, 9.17) is 9.26 Å². The van der Waals surface area contributed by atoms with Crippen LogP contribution in [0, 0.1) is 0 Å². The average molecular weight is 258 g/mol. The first kappa shape index (κ1) is 11.3. The van der Waals surface area contributed by atoms with Crippen LogP contribution in [0.15, 0.2) is 35.0 Å². The van der Waals surface area contributed by atoms with Gasteiger partial charge in [0.1, 0.15) is 0 Å². The van der Waals surface area contributed by atoms with Gasteiger partial charge in [0.15, 0.2) is 0 Å². The third-order valence-electron chi connectivity index (χ3n) is 2.62. The lowest BCUT2D eigenvalue weighted by Crippen LogP contribution is -2.10. The van der Waals surface area contributed by atoms with E-state index in [0.29, 0.717) is 5.69 Å². The van der Waals surface area contributed by atoms with Gasteiger partial charge >= 0.3 is 0 Å². The summed E-state index contributed by atoms with van der Waals surface area (Å²) in [5.74, 6) is -0.0506. The van der Waals surface area contributed by atoms with Crippen molar-refractivity contribution in [1.29, 1.82) is 0 Å². The molecule has 7 nitrogen and oxygen atoms in total. The first-order valence-corrected chi connectivity index (χ1v) is 5.51. The second-order valence-electron chi connectivity index (χ2n) is 3.86. The molecule has 0 radical (unpaired) electrons. The van der Waals surface area contributed by atoms with Crippen molar-refractivity contribution >= 4 is 22.5 Å². The minimum atomic E-state index is -0.394. The maximum Gasteiger partial charge on any atom is 0.294 e. The summed E-state index contributed by atoms with van der Waals surface area (Å²) in [5.41, 5.74) is 1.48. The van der Waals surface area contributed by atoms with Gasteiger partial charge in [0.05, 0.1) is 24.9 Å². The fraction of sp³-hybridized carbons (Fsp3) is 0.0833. The van der Waals surface area contributed by atoms with Gasteiger partial charge in [-0.3, -0.25) is 9.89 Å². The van der Waals surface area contributed by atoms with Crippen molar-refractivity contribution in [3.63, 3.8) is 0 Å². The van der Waals surface area contributed by atoms with Crippen LogP contribution in [0.1, 0.15) is 10.6 Å². The standard InChI is InChI=1S/C12H10N4O3/c1-18-11-5-10(19-16-11)12(17)14-8-3-2-7-6-13-15-9(7)4-8/h2-6H,1H3,(H,13,15)(H,14,17). The highest BCUT2D eigenvalue weighted by atomic mass is 16.5. The van der Waals surface area contributed by atoms with Crippen LogP contribution in [0.2, 0.25) is 0 Å². The van der Waals surface area contributed by atoms with Crippen molar-refractivity contribution in [1.82, 2.24) is 15.4 Å². The number of nitrogens with one attached hydrogen (secondary N) is 2. The Hall–Kier alpha value is -2.83. The van der Waals surface area contributed by atoms with Crippen LogP contribution >= 0.6 is 0 Å². The molecule has 19 heavy (non-hydrogen) atoms. The number of methoxy groups -OCH3 is 1. The Kier molecular flexibility index (Phi) is 2.64. The van der Waals surface area contributed by atoms with Crippen LogP contribution in [-0.4, -0.2) is 28.4 Å². The summed E-state index contributed by atoms with van der Waals surface area (Å²) in [4.78, 5) is 11.9. The molecular weight excluding hydrogens is 248 g/mol. The molecule has 0 aliphatic heterocycles. The Morgan fingerprint density at radius 1 is 1.42 bits per heavy atom.